The lowest BCUT2D eigenvalue weighted by atomic mass is 10.1. The Morgan fingerprint density at radius 2 is 1.37 bits per heavy atom. The SMILES string of the molecule is Cc1cccc(-n2c(-c3ccc(S(=O)(=O)N(Cc4ccccc4)Cc4ccccc4)cc3)c(Br)oc2=O)c1. The molecule has 1 aromatic heterocycles. The molecule has 1 heterocycles. The van der Waals surface area contributed by atoms with Gasteiger partial charge in [0.2, 0.25) is 10.0 Å². The lowest BCUT2D eigenvalue weighted by Gasteiger charge is -2.23. The Balaban J connectivity index is 1.52. The highest BCUT2D eigenvalue weighted by Crippen LogP contribution is 2.31. The average molecular weight is 590 g/mol. The fourth-order valence-corrected chi connectivity index (χ4v) is 6.29. The Kier molecular flexibility index (Phi) is 7.46. The van der Waals surface area contributed by atoms with E-state index in [9.17, 15) is 13.2 Å². The van der Waals surface area contributed by atoms with E-state index < -0.39 is 15.8 Å². The first-order valence-electron chi connectivity index (χ1n) is 12.0. The summed E-state index contributed by atoms with van der Waals surface area (Å²) in [4.78, 5) is 12.8. The van der Waals surface area contributed by atoms with Gasteiger partial charge in [0.25, 0.3) is 0 Å². The van der Waals surface area contributed by atoms with Gasteiger partial charge in [-0.2, -0.15) is 4.31 Å². The third-order valence-electron chi connectivity index (χ3n) is 6.20. The number of sulfonamides is 1. The summed E-state index contributed by atoms with van der Waals surface area (Å²) >= 11 is 3.36. The van der Waals surface area contributed by atoms with Crippen molar-refractivity contribution >= 4 is 26.0 Å². The maximum Gasteiger partial charge on any atom is 0.425 e. The number of benzene rings is 4. The molecule has 38 heavy (non-hydrogen) atoms. The Hall–Kier alpha value is -3.72. The van der Waals surface area contributed by atoms with Gasteiger partial charge in [-0.25, -0.2) is 17.8 Å². The number of nitrogens with zero attached hydrogens (tertiary/aromatic N) is 2. The minimum Gasteiger partial charge on any atom is -0.400 e. The van der Waals surface area contributed by atoms with Crippen molar-refractivity contribution in [3.05, 3.63) is 141 Å². The van der Waals surface area contributed by atoms with Crippen molar-refractivity contribution in [2.75, 3.05) is 0 Å². The number of oxazole rings is 1. The van der Waals surface area contributed by atoms with Crippen LogP contribution in [0.25, 0.3) is 16.9 Å². The molecule has 0 N–H and O–H groups in total. The molecule has 4 aromatic carbocycles. The molecule has 0 unspecified atom stereocenters. The van der Waals surface area contributed by atoms with Gasteiger partial charge in [-0.15, -0.1) is 0 Å². The Labute approximate surface area is 230 Å². The van der Waals surface area contributed by atoms with Crippen molar-refractivity contribution < 1.29 is 12.8 Å². The topological polar surface area (TPSA) is 72.5 Å². The molecule has 0 amide bonds. The molecule has 0 fully saturated rings. The van der Waals surface area contributed by atoms with E-state index >= 15 is 0 Å². The number of halogens is 1. The second-order valence-corrected chi connectivity index (χ2v) is 11.6. The number of hydrogen-bond acceptors (Lipinski definition) is 4. The number of aryl methyl sites for hydroxylation is 1. The molecule has 0 radical (unpaired) electrons. The highest BCUT2D eigenvalue weighted by atomic mass is 79.9. The van der Waals surface area contributed by atoms with Crippen molar-refractivity contribution in [3.63, 3.8) is 0 Å². The van der Waals surface area contributed by atoms with Gasteiger partial charge in [0.05, 0.1) is 10.6 Å². The lowest BCUT2D eigenvalue weighted by Crippen LogP contribution is -2.30. The highest BCUT2D eigenvalue weighted by Gasteiger charge is 2.26. The zero-order valence-corrected chi connectivity index (χ0v) is 23.0. The van der Waals surface area contributed by atoms with E-state index in [1.807, 2.05) is 91.9 Å². The fraction of sp³-hybridized carbons (Fsp3) is 0.100. The monoisotopic (exact) mass is 588 g/mol. The van der Waals surface area contributed by atoms with Crippen LogP contribution in [0.2, 0.25) is 0 Å². The highest BCUT2D eigenvalue weighted by molar-refractivity contribution is 9.10. The molecule has 192 valence electrons. The summed E-state index contributed by atoms with van der Waals surface area (Å²) in [6.07, 6.45) is 0. The molecule has 5 aromatic rings. The molecule has 5 rings (SSSR count). The maximum absolute atomic E-state index is 13.8. The van der Waals surface area contributed by atoms with Gasteiger partial charge in [0, 0.05) is 18.7 Å². The van der Waals surface area contributed by atoms with Gasteiger partial charge in [-0.1, -0.05) is 84.9 Å². The molecule has 8 heteroatoms. The zero-order chi connectivity index (χ0) is 26.7. The van der Waals surface area contributed by atoms with Crippen LogP contribution in [0, 0.1) is 6.92 Å². The smallest absolute Gasteiger partial charge is 0.400 e. The summed E-state index contributed by atoms with van der Waals surface area (Å²) in [5.74, 6) is -0.536. The summed E-state index contributed by atoms with van der Waals surface area (Å²) in [6, 6.07) is 33.1. The van der Waals surface area contributed by atoms with E-state index in [2.05, 4.69) is 15.9 Å². The Morgan fingerprint density at radius 1 is 0.789 bits per heavy atom. The van der Waals surface area contributed by atoms with Crippen LogP contribution in [0.1, 0.15) is 16.7 Å². The van der Waals surface area contributed by atoms with Gasteiger partial charge in [-0.05, 0) is 63.8 Å². The third-order valence-corrected chi connectivity index (χ3v) is 8.54. The van der Waals surface area contributed by atoms with E-state index in [0.29, 0.717) is 16.9 Å². The van der Waals surface area contributed by atoms with Crippen molar-refractivity contribution in [1.82, 2.24) is 8.87 Å². The lowest BCUT2D eigenvalue weighted by molar-refractivity contribution is 0.401. The van der Waals surface area contributed by atoms with Crippen LogP contribution in [0.5, 0.6) is 0 Å². The van der Waals surface area contributed by atoms with Crippen LogP contribution in [-0.2, 0) is 23.1 Å². The minimum atomic E-state index is -3.84. The van der Waals surface area contributed by atoms with E-state index in [4.69, 9.17) is 4.42 Å². The standard InChI is InChI=1S/C30H25BrN2O4S/c1-22-9-8-14-26(19-22)33-28(29(31)37-30(33)34)25-15-17-27(18-16-25)38(35,36)32(20-23-10-4-2-5-11-23)21-24-12-6-3-7-13-24/h2-19H,20-21H2,1H3. The molecule has 0 saturated carbocycles. The first-order valence-corrected chi connectivity index (χ1v) is 14.2. The predicted molar refractivity (Wildman–Crippen MR) is 151 cm³/mol. The molecule has 0 aliphatic heterocycles. The number of hydrogen-bond donors (Lipinski definition) is 0. The van der Waals surface area contributed by atoms with Gasteiger partial charge >= 0.3 is 5.76 Å². The summed E-state index contributed by atoms with van der Waals surface area (Å²) in [5.41, 5.74) is 4.60. The molecular weight excluding hydrogens is 564 g/mol. The number of rotatable bonds is 8. The molecule has 0 aliphatic rings. The molecule has 0 spiro atoms. The second-order valence-electron chi connectivity index (χ2n) is 8.93. The number of aromatic nitrogens is 1. The van der Waals surface area contributed by atoms with Crippen LogP contribution in [0.3, 0.4) is 0 Å². The van der Waals surface area contributed by atoms with Crippen molar-refractivity contribution in [2.45, 2.75) is 24.9 Å². The Bertz CT molecular complexity index is 1670. The normalized spacial score (nSPS) is 11.7. The van der Waals surface area contributed by atoms with Gasteiger partial charge in [0.1, 0.15) is 5.69 Å². The average Bonchev–Trinajstić information content (AvgIpc) is 3.23. The quantitative estimate of drug-likeness (QED) is 0.206. The van der Waals surface area contributed by atoms with E-state index in [-0.39, 0.29) is 22.7 Å². The van der Waals surface area contributed by atoms with Crippen LogP contribution in [-0.4, -0.2) is 17.3 Å². The van der Waals surface area contributed by atoms with Crippen LogP contribution in [0.15, 0.2) is 128 Å². The van der Waals surface area contributed by atoms with Gasteiger partial charge < -0.3 is 4.42 Å². The minimum absolute atomic E-state index is 0.164. The van der Waals surface area contributed by atoms with Gasteiger partial charge in [0.15, 0.2) is 4.67 Å². The molecule has 0 aliphatic carbocycles. The summed E-state index contributed by atoms with van der Waals surface area (Å²) in [6.45, 7) is 2.42. The van der Waals surface area contributed by atoms with Crippen LogP contribution in [0.4, 0.5) is 0 Å². The second kappa shape index (κ2) is 10.9. The first kappa shape index (κ1) is 25.9. The fourth-order valence-electron chi connectivity index (χ4n) is 4.33. The maximum atomic E-state index is 13.8. The summed E-state index contributed by atoms with van der Waals surface area (Å²) < 4.78 is 36.2. The van der Waals surface area contributed by atoms with Crippen LogP contribution < -0.4 is 5.76 Å². The van der Waals surface area contributed by atoms with E-state index in [1.165, 1.54) is 8.87 Å². The van der Waals surface area contributed by atoms with E-state index in [0.717, 1.165) is 16.7 Å². The summed E-state index contributed by atoms with van der Waals surface area (Å²) in [7, 11) is -3.84. The van der Waals surface area contributed by atoms with E-state index in [1.54, 1.807) is 24.3 Å². The molecule has 0 bridgehead atoms. The Morgan fingerprint density at radius 3 is 1.92 bits per heavy atom. The largest absolute Gasteiger partial charge is 0.425 e. The van der Waals surface area contributed by atoms with Crippen LogP contribution >= 0.6 is 15.9 Å². The molecule has 6 nitrogen and oxygen atoms in total. The zero-order valence-electron chi connectivity index (χ0n) is 20.6. The molecular formula is C30H25BrN2O4S. The predicted octanol–water partition coefficient (Wildman–Crippen LogP) is 6.56. The summed E-state index contributed by atoms with van der Waals surface area (Å²) in [5, 5.41) is 0. The van der Waals surface area contributed by atoms with Crippen molar-refractivity contribution in [2.24, 2.45) is 0 Å². The van der Waals surface area contributed by atoms with Gasteiger partial charge in [-0.3, -0.25) is 0 Å². The molecule has 0 saturated heterocycles. The van der Waals surface area contributed by atoms with Crippen molar-refractivity contribution in [3.8, 4) is 16.9 Å². The van der Waals surface area contributed by atoms with Crippen molar-refractivity contribution in [1.29, 1.82) is 0 Å². The molecule has 0 atom stereocenters. The first-order chi connectivity index (χ1) is 18.3. The third kappa shape index (κ3) is 5.43.